The van der Waals surface area contributed by atoms with Crippen LogP contribution in [0.2, 0.25) is 0 Å². The summed E-state index contributed by atoms with van der Waals surface area (Å²) in [5.74, 6) is -1.58. The lowest BCUT2D eigenvalue weighted by atomic mass is 10.2. The molecule has 2 aromatic rings. The van der Waals surface area contributed by atoms with Gasteiger partial charge in [-0.1, -0.05) is 6.07 Å². The fraction of sp³-hybridized carbons (Fsp3) is 0.143. The molecule has 126 valence electrons. The summed E-state index contributed by atoms with van der Waals surface area (Å²) in [6, 6.07) is 7.14. The first-order valence-corrected chi connectivity index (χ1v) is 8.18. The predicted octanol–water partition coefficient (Wildman–Crippen LogP) is 1.90. The Morgan fingerprint density at radius 2 is 2.04 bits per heavy atom. The largest absolute Gasteiger partial charge is 0.478 e. The van der Waals surface area contributed by atoms with Gasteiger partial charge in [-0.3, -0.25) is 10.1 Å². The highest BCUT2D eigenvalue weighted by molar-refractivity contribution is 7.92. The number of hydrogen-bond donors (Lipinski definition) is 1. The van der Waals surface area contributed by atoms with E-state index in [2.05, 4.69) is 4.98 Å². The van der Waals surface area contributed by atoms with Gasteiger partial charge in [-0.15, -0.1) is 0 Å². The molecule has 1 heterocycles. The van der Waals surface area contributed by atoms with Crippen LogP contribution in [-0.2, 0) is 10.0 Å². The summed E-state index contributed by atoms with van der Waals surface area (Å²) < 4.78 is 26.4. The molecular weight excluding hydrogens is 338 g/mol. The normalized spacial score (nSPS) is 11.0. The first-order chi connectivity index (χ1) is 11.3. The van der Waals surface area contributed by atoms with Crippen molar-refractivity contribution in [2.75, 3.05) is 10.8 Å². The van der Waals surface area contributed by atoms with E-state index < -0.39 is 20.9 Å². The van der Waals surface area contributed by atoms with Crippen LogP contribution in [0, 0.1) is 10.1 Å². The second-order valence-electron chi connectivity index (χ2n) is 4.60. The van der Waals surface area contributed by atoms with Crippen molar-refractivity contribution in [1.29, 1.82) is 0 Å². The third-order valence-electron chi connectivity index (χ3n) is 3.16. The maximum absolute atomic E-state index is 12.8. The molecule has 24 heavy (non-hydrogen) atoms. The van der Waals surface area contributed by atoms with Gasteiger partial charge in [-0.2, -0.15) is 0 Å². The minimum Gasteiger partial charge on any atom is -0.478 e. The highest BCUT2D eigenvalue weighted by atomic mass is 32.2. The Kier molecular flexibility index (Phi) is 4.79. The highest BCUT2D eigenvalue weighted by Crippen LogP contribution is 2.26. The van der Waals surface area contributed by atoms with Crippen molar-refractivity contribution >= 4 is 27.5 Å². The number of hydrogen-bond acceptors (Lipinski definition) is 6. The molecule has 0 aliphatic carbocycles. The molecule has 1 N–H and O–H groups in total. The molecule has 0 amide bonds. The van der Waals surface area contributed by atoms with E-state index in [1.54, 1.807) is 0 Å². The minimum atomic E-state index is -4.21. The van der Waals surface area contributed by atoms with Crippen LogP contribution in [0.25, 0.3) is 0 Å². The van der Waals surface area contributed by atoms with Gasteiger partial charge in [0.15, 0.2) is 5.82 Å². The number of sulfonamides is 1. The molecule has 0 saturated heterocycles. The van der Waals surface area contributed by atoms with Crippen LogP contribution in [0.4, 0.5) is 11.5 Å². The molecule has 1 aromatic carbocycles. The van der Waals surface area contributed by atoms with Gasteiger partial charge in [0, 0.05) is 24.9 Å². The summed E-state index contributed by atoms with van der Waals surface area (Å²) in [5, 5.41) is 20.1. The fourth-order valence-electron chi connectivity index (χ4n) is 2.08. The van der Waals surface area contributed by atoms with E-state index in [1.165, 1.54) is 43.5 Å². The number of carbonyl (C=O) groups is 1. The average Bonchev–Trinajstić information content (AvgIpc) is 2.55. The van der Waals surface area contributed by atoms with E-state index >= 15 is 0 Å². The number of rotatable bonds is 6. The number of carboxylic acid groups (broad SMARTS) is 1. The van der Waals surface area contributed by atoms with E-state index in [9.17, 15) is 28.4 Å². The maximum Gasteiger partial charge on any atom is 0.339 e. The van der Waals surface area contributed by atoms with E-state index in [1.807, 2.05) is 0 Å². The van der Waals surface area contributed by atoms with Crippen LogP contribution in [0.1, 0.15) is 17.3 Å². The number of non-ortho nitro benzene ring substituents is 1. The first kappa shape index (κ1) is 17.3. The van der Waals surface area contributed by atoms with E-state index in [0.29, 0.717) is 0 Å². The summed E-state index contributed by atoms with van der Waals surface area (Å²) in [6.45, 7) is 1.41. The summed E-state index contributed by atoms with van der Waals surface area (Å²) in [6.07, 6.45) is 1.27. The van der Waals surface area contributed by atoms with Crippen molar-refractivity contribution in [1.82, 2.24) is 4.98 Å². The van der Waals surface area contributed by atoms with Crippen molar-refractivity contribution in [2.45, 2.75) is 11.8 Å². The van der Waals surface area contributed by atoms with Crippen LogP contribution in [0.15, 0.2) is 47.5 Å². The minimum absolute atomic E-state index is 0.0949. The molecule has 0 atom stereocenters. The zero-order chi connectivity index (χ0) is 17.9. The molecule has 1 aromatic heterocycles. The number of pyridine rings is 1. The molecule has 0 fully saturated rings. The Morgan fingerprint density at radius 3 is 2.62 bits per heavy atom. The van der Waals surface area contributed by atoms with Gasteiger partial charge in [0.25, 0.3) is 15.7 Å². The van der Waals surface area contributed by atoms with Gasteiger partial charge in [-0.05, 0) is 25.1 Å². The number of aromatic carboxylic acids is 1. The SMILES string of the molecule is CCN(c1ncccc1C(=O)O)S(=O)(=O)c1cccc([N+](=O)[O-])c1. The van der Waals surface area contributed by atoms with Crippen LogP contribution >= 0.6 is 0 Å². The van der Waals surface area contributed by atoms with Gasteiger partial charge in [-0.25, -0.2) is 22.5 Å². The van der Waals surface area contributed by atoms with Gasteiger partial charge < -0.3 is 5.11 Å². The Balaban J connectivity index is 2.60. The fourth-order valence-corrected chi connectivity index (χ4v) is 3.57. The first-order valence-electron chi connectivity index (χ1n) is 6.74. The van der Waals surface area contributed by atoms with Crippen molar-refractivity contribution in [3.05, 3.63) is 58.3 Å². The quantitative estimate of drug-likeness (QED) is 0.621. The standard InChI is InChI=1S/C14H13N3O6S/c1-2-16(13-12(14(18)19)7-4-8-15-13)24(22,23)11-6-3-5-10(9-11)17(20)21/h3-9H,2H2,1H3,(H,18,19). The zero-order valence-corrected chi connectivity index (χ0v) is 13.3. The molecule has 0 radical (unpaired) electrons. The number of nitro groups is 1. The van der Waals surface area contributed by atoms with Crippen molar-refractivity contribution < 1.29 is 23.2 Å². The second-order valence-corrected chi connectivity index (χ2v) is 6.47. The number of nitrogens with zero attached hydrogens (tertiary/aromatic N) is 3. The molecule has 0 aliphatic heterocycles. The van der Waals surface area contributed by atoms with Gasteiger partial charge in [0.1, 0.15) is 5.56 Å². The topological polar surface area (TPSA) is 131 Å². The Bertz CT molecular complexity index is 897. The molecule has 0 spiro atoms. The van der Waals surface area contributed by atoms with Crippen molar-refractivity contribution in [2.24, 2.45) is 0 Å². The molecular formula is C14H13N3O6S. The van der Waals surface area contributed by atoms with E-state index in [0.717, 1.165) is 10.4 Å². The van der Waals surface area contributed by atoms with E-state index in [-0.39, 0.29) is 28.5 Å². The molecule has 2 rings (SSSR count). The van der Waals surface area contributed by atoms with Gasteiger partial charge >= 0.3 is 5.97 Å². The monoisotopic (exact) mass is 351 g/mol. The predicted molar refractivity (Wildman–Crippen MR) is 84.5 cm³/mol. The molecule has 0 unspecified atom stereocenters. The molecule has 0 saturated carbocycles. The Labute approximate surface area is 137 Å². The number of anilines is 1. The second kappa shape index (κ2) is 6.62. The average molecular weight is 351 g/mol. The lowest BCUT2D eigenvalue weighted by molar-refractivity contribution is -0.385. The molecule has 0 bridgehead atoms. The molecule has 0 aliphatic rings. The summed E-state index contributed by atoms with van der Waals surface area (Å²) in [7, 11) is -4.21. The third kappa shape index (κ3) is 3.18. The molecule has 10 heteroatoms. The maximum atomic E-state index is 12.8. The van der Waals surface area contributed by atoms with Crippen LogP contribution in [-0.4, -0.2) is 35.9 Å². The zero-order valence-electron chi connectivity index (χ0n) is 12.5. The number of aromatic nitrogens is 1. The number of carboxylic acids is 1. The number of nitro benzene ring substituents is 1. The van der Waals surface area contributed by atoms with Crippen LogP contribution in [0.3, 0.4) is 0 Å². The third-order valence-corrected chi connectivity index (χ3v) is 5.02. The Hall–Kier alpha value is -3.01. The smallest absolute Gasteiger partial charge is 0.339 e. The highest BCUT2D eigenvalue weighted by Gasteiger charge is 2.29. The van der Waals surface area contributed by atoms with Crippen molar-refractivity contribution in [3.63, 3.8) is 0 Å². The van der Waals surface area contributed by atoms with Gasteiger partial charge in [0.2, 0.25) is 0 Å². The van der Waals surface area contributed by atoms with Crippen molar-refractivity contribution in [3.8, 4) is 0 Å². The van der Waals surface area contributed by atoms with Gasteiger partial charge in [0.05, 0.1) is 9.82 Å². The lowest BCUT2D eigenvalue weighted by Gasteiger charge is -2.22. The van der Waals surface area contributed by atoms with E-state index in [4.69, 9.17) is 0 Å². The summed E-state index contributed by atoms with van der Waals surface area (Å²) >= 11 is 0. The Morgan fingerprint density at radius 1 is 1.33 bits per heavy atom. The van der Waals surface area contributed by atoms with Crippen LogP contribution in [0.5, 0.6) is 0 Å². The summed E-state index contributed by atoms with van der Waals surface area (Å²) in [5.41, 5.74) is -0.667. The molecule has 9 nitrogen and oxygen atoms in total. The van der Waals surface area contributed by atoms with Crippen LogP contribution < -0.4 is 4.31 Å². The summed E-state index contributed by atoms with van der Waals surface area (Å²) in [4.78, 5) is 25.0. The lowest BCUT2D eigenvalue weighted by Crippen LogP contribution is -2.33. The number of benzene rings is 1.